The zero-order chi connectivity index (χ0) is 16.2. The first-order valence-corrected chi connectivity index (χ1v) is 7.86. The van der Waals surface area contributed by atoms with Gasteiger partial charge in [-0.1, -0.05) is 11.3 Å². The maximum Gasteiger partial charge on any atom is 0.262 e. The molecule has 0 aliphatic rings. The molecule has 0 unspecified atom stereocenters. The predicted molar refractivity (Wildman–Crippen MR) is 89.5 cm³/mol. The fourth-order valence-corrected chi connectivity index (χ4v) is 2.99. The number of carbonyl (C=O) groups excluding carboxylic acids is 1. The van der Waals surface area contributed by atoms with Crippen LogP contribution in [0.25, 0.3) is 10.2 Å². The van der Waals surface area contributed by atoms with Crippen LogP contribution in [0.3, 0.4) is 0 Å². The standard InChI is InChI=1S/C16H15N3O3S/c1-3-22-10-6-7-12-13(9-10)23-16(18-12)19-14(20)11-5-4-8-17-15(11)21-2/h4-9H,3H2,1-2H3,(H,18,19,20). The van der Waals surface area contributed by atoms with Crippen molar-refractivity contribution in [1.82, 2.24) is 9.97 Å². The number of amides is 1. The lowest BCUT2D eigenvalue weighted by Gasteiger charge is -2.05. The largest absolute Gasteiger partial charge is 0.494 e. The number of methoxy groups -OCH3 is 1. The van der Waals surface area contributed by atoms with Crippen LogP contribution in [0, 0.1) is 0 Å². The molecule has 23 heavy (non-hydrogen) atoms. The summed E-state index contributed by atoms with van der Waals surface area (Å²) in [4.78, 5) is 20.8. The Kier molecular flexibility index (Phi) is 4.38. The molecule has 3 rings (SSSR count). The lowest BCUT2D eigenvalue weighted by molar-refractivity contribution is 0.102. The maximum absolute atomic E-state index is 12.4. The van der Waals surface area contributed by atoms with Gasteiger partial charge in [-0.3, -0.25) is 10.1 Å². The van der Waals surface area contributed by atoms with E-state index in [9.17, 15) is 4.79 Å². The number of nitrogens with zero attached hydrogens (tertiary/aromatic N) is 2. The zero-order valence-corrected chi connectivity index (χ0v) is 13.5. The summed E-state index contributed by atoms with van der Waals surface area (Å²) in [6.07, 6.45) is 1.57. The smallest absolute Gasteiger partial charge is 0.262 e. The van der Waals surface area contributed by atoms with Gasteiger partial charge in [0.1, 0.15) is 11.3 Å². The second-order valence-corrected chi connectivity index (χ2v) is 5.63. The Morgan fingerprint density at radius 1 is 1.35 bits per heavy atom. The van der Waals surface area contributed by atoms with E-state index >= 15 is 0 Å². The van der Waals surface area contributed by atoms with Crippen molar-refractivity contribution in [2.45, 2.75) is 6.92 Å². The van der Waals surface area contributed by atoms with Crippen molar-refractivity contribution in [2.24, 2.45) is 0 Å². The van der Waals surface area contributed by atoms with Gasteiger partial charge < -0.3 is 9.47 Å². The van der Waals surface area contributed by atoms with Gasteiger partial charge in [-0.2, -0.15) is 0 Å². The molecular weight excluding hydrogens is 314 g/mol. The number of benzene rings is 1. The number of ether oxygens (including phenoxy) is 2. The number of aromatic nitrogens is 2. The van der Waals surface area contributed by atoms with Crippen molar-refractivity contribution in [1.29, 1.82) is 0 Å². The van der Waals surface area contributed by atoms with Crippen LogP contribution in [-0.4, -0.2) is 29.6 Å². The van der Waals surface area contributed by atoms with Crippen molar-refractivity contribution in [3.05, 3.63) is 42.1 Å². The second kappa shape index (κ2) is 6.62. The number of hydrogen-bond acceptors (Lipinski definition) is 6. The molecule has 7 heteroatoms. The summed E-state index contributed by atoms with van der Waals surface area (Å²) in [6, 6.07) is 8.99. The lowest BCUT2D eigenvalue weighted by Crippen LogP contribution is -2.13. The van der Waals surface area contributed by atoms with E-state index in [0.29, 0.717) is 17.3 Å². The molecule has 0 radical (unpaired) electrons. The van der Waals surface area contributed by atoms with Gasteiger partial charge in [0.15, 0.2) is 5.13 Å². The molecule has 0 saturated carbocycles. The first-order valence-electron chi connectivity index (χ1n) is 7.05. The average Bonchev–Trinajstić information content (AvgIpc) is 2.96. The van der Waals surface area contributed by atoms with Crippen molar-refractivity contribution in [3.8, 4) is 11.6 Å². The van der Waals surface area contributed by atoms with Crippen LogP contribution in [0.5, 0.6) is 11.6 Å². The van der Waals surface area contributed by atoms with Crippen molar-refractivity contribution >= 4 is 32.6 Å². The average molecular weight is 329 g/mol. The number of carbonyl (C=O) groups is 1. The SMILES string of the molecule is CCOc1ccc2nc(NC(=O)c3cccnc3OC)sc2c1. The van der Waals surface area contributed by atoms with Gasteiger partial charge in [0.25, 0.3) is 5.91 Å². The van der Waals surface area contributed by atoms with Crippen LogP contribution in [0.2, 0.25) is 0 Å². The van der Waals surface area contributed by atoms with Gasteiger partial charge in [-0.25, -0.2) is 9.97 Å². The van der Waals surface area contributed by atoms with Crippen molar-refractivity contribution < 1.29 is 14.3 Å². The molecule has 3 aromatic rings. The van der Waals surface area contributed by atoms with Crippen LogP contribution < -0.4 is 14.8 Å². The normalized spacial score (nSPS) is 10.5. The summed E-state index contributed by atoms with van der Waals surface area (Å²) in [7, 11) is 1.48. The summed E-state index contributed by atoms with van der Waals surface area (Å²) < 4.78 is 11.5. The molecule has 0 aliphatic carbocycles. The van der Waals surface area contributed by atoms with E-state index < -0.39 is 0 Å². The highest BCUT2D eigenvalue weighted by atomic mass is 32.1. The predicted octanol–water partition coefficient (Wildman–Crippen LogP) is 3.35. The molecular formula is C16H15N3O3S. The number of rotatable bonds is 5. The summed E-state index contributed by atoms with van der Waals surface area (Å²) in [5, 5.41) is 3.30. The number of pyridine rings is 1. The number of anilines is 1. The Bertz CT molecular complexity index is 847. The monoisotopic (exact) mass is 329 g/mol. The summed E-state index contributed by atoms with van der Waals surface area (Å²) >= 11 is 1.39. The number of fused-ring (bicyclic) bond motifs is 1. The topological polar surface area (TPSA) is 73.3 Å². The van der Waals surface area contributed by atoms with E-state index in [1.54, 1.807) is 18.3 Å². The quantitative estimate of drug-likeness (QED) is 0.777. The third-order valence-corrected chi connectivity index (χ3v) is 4.03. The molecule has 0 bridgehead atoms. The van der Waals surface area contributed by atoms with Crippen LogP contribution in [-0.2, 0) is 0 Å². The second-order valence-electron chi connectivity index (χ2n) is 4.60. The Morgan fingerprint density at radius 2 is 2.22 bits per heavy atom. The minimum absolute atomic E-state index is 0.282. The van der Waals surface area contributed by atoms with Crippen molar-refractivity contribution in [2.75, 3.05) is 19.0 Å². The minimum atomic E-state index is -0.306. The molecule has 0 saturated heterocycles. The van der Waals surface area contributed by atoms with Gasteiger partial charge >= 0.3 is 0 Å². The highest BCUT2D eigenvalue weighted by Gasteiger charge is 2.15. The van der Waals surface area contributed by atoms with E-state index in [1.165, 1.54) is 18.4 Å². The Hall–Kier alpha value is -2.67. The highest BCUT2D eigenvalue weighted by Crippen LogP contribution is 2.29. The Balaban J connectivity index is 1.84. The Morgan fingerprint density at radius 3 is 3.00 bits per heavy atom. The van der Waals surface area contributed by atoms with E-state index in [4.69, 9.17) is 9.47 Å². The Labute approximate surface area is 137 Å². The van der Waals surface area contributed by atoms with E-state index in [-0.39, 0.29) is 11.8 Å². The number of nitrogens with one attached hydrogen (secondary N) is 1. The lowest BCUT2D eigenvalue weighted by atomic mass is 10.2. The zero-order valence-electron chi connectivity index (χ0n) is 12.7. The third kappa shape index (κ3) is 3.24. The van der Waals surface area contributed by atoms with E-state index in [1.807, 2.05) is 25.1 Å². The molecule has 1 aromatic carbocycles. The molecule has 6 nitrogen and oxygen atoms in total. The fraction of sp³-hybridized carbons (Fsp3) is 0.188. The van der Waals surface area contributed by atoms with Gasteiger partial charge in [0.2, 0.25) is 5.88 Å². The molecule has 118 valence electrons. The summed E-state index contributed by atoms with van der Waals surface area (Å²) in [5.41, 5.74) is 1.18. The number of hydrogen-bond donors (Lipinski definition) is 1. The van der Waals surface area contributed by atoms with Gasteiger partial charge in [-0.05, 0) is 37.3 Å². The molecule has 2 aromatic heterocycles. The fourth-order valence-electron chi connectivity index (χ4n) is 2.11. The molecule has 0 aliphatic heterocycles. The van der Waals surface area contributed by atoms with Crippen molar-refractivity contribution in [3.63, 3.8) is 0 Å². The molecule has 1 amide bonds. The minimum Gasteiger partial charge on any atom is -0.494 e. The van der Waals surface area contributed by atoms with E-state index in [2.05, 4.69) is 15.3 Å². The first kappa shape index (κ1) is 15.2. The summed E-state index contributed by atoms with van der Waals surface area (Å²) in [5.74, 6) is 0.763. The first-order chi connectivity index (χ1) is 11.2. The molecule has 0 fully saturated rings. The van der Waals surface area contributed by atoms with Crippen LogP contribution in [0.4, 0.5) is 5.13 Å². The summed E-state index contributed by atoms with van der Waals surface area (Å²) in [6.45, 7) is 2.54. The molecule has 0 spiro atoms. The molecule has 0 atom stereocenters. The van der Waals surface area contributed by atoms with Crippen LogP contribution in [0.1, 0.15) is 17.3 Å². The molecule has 2 heterocycles. The van der Waals surface area contributed by atoms with Gasteiger partial charge in [-0.15, -0.1) is 0 Å². The van der Waals surface area contributed by atoms with E-state index in [0.717, 1.165) is 16.0 Å². The van der Waals surface area contributed by atoms with Gasteiger partial charge in [0, 0.05) is 6.20 Å². The number of thiazole rings is 1. The molecule has 1 N–H and O–H groups in total. The van der Waals surface area contributed by atoms with Crippen LogP contribution in [0.15, 0.2) is 36.5 Å². The highest BCUT2D eigenvalue weighted by molar-refractivity contribution is 7.22. The third-order valence-electron chi connectivity index (χ3n) is 3.10. The van der Waals surface area contributed by atoms with Crippen LogP contribution >= 0.6 is 11.3 Å². The maximum atomic E-state index is 12.4. The van der Waals surface area contributed by atoms with Gasteiger partial charge in [0.05, 0.1) is 23.9 Å².